The van der Waals surface area contributed by atoms with Gasteiger partial charge in [0, 0.05) is 23.5 Å². The van der Waals surface area contributed by atoms with E-state index in [0.717, 1.165) is 17.0 Å². The average molecular weight is 362 g/mol. The maximum absolute atomic E-state index is 12.5. The summed E-state index contributed by atoms with van der Waals surface area (Å²) in [5, 5.41) is 0. The molecule has 0 unspecified atom stereocenters. The Hall–Kier alpha value is -1.99. The Morgan fingerprint density at radius 3 is 2.50 bits per heavy atom. The molecule has 2 aromatic carbocycles. The normalized spacial score (nSPS) is 14.9. The molecule has 7 heteroatoms. The SMILES string of the molecule is CSc1ccc(S(=O)(=O)Nc2cccc(N3CCCC3=O)c2)cc1. The maximum Gasteiger partial charge on any atom is 0.261 e. The standard InChI is InChI=1S/C17H18N2O3S2/c1-23-15-7-9-16(10-8-15)24(21,22)18-13-4-2-5-14(12-13)19-11-3-6-17(19)20/h2,4-5,7-10,12,18H,3,6,11H2,1H3. The molecule has 1 heterocycles. The molecular formula is C17H18N2O3S2. The molecule has 126 valence electrons. The van der Waals surface area contributed by atoms with E-state index < -0.39 is 10.0 Å². The Kier molecular flexibility index (Phi) is 4.82. The lowest BCUT2D eigenvalue weighted by Gasteiger charge is -2.17. The molecule has 0 radical (unpaired) electrons. The molecule has 1 N–H and O–H groups in total. The van der Waals surface area contributed by atoms with Gasteiger partial charge in [0.15, 0.2) is 0 Å². The van der Waals surface area contributed by atoms with Crippen LogP contribution in [0.5, 0.6) is 0 Å². The number of carbonyl (C=O) groups excluding carboxylic acids is 1. The van der Waals surface area contributed by atoms with Crippen LogP contribution >= 0.6 is 11.8 Å². The largest absolute Gasteiger partial charge is 0.312 e. The van der Waals surface area contributed by atoms with Crippen molar-refractivity contribution in [3.05, 3.63) is 48.5 Å². The van der Waals surface area contributed by atoms with Gasteiger partial charge in [-0.05, 0) is 55.1 Å². The minimum atomic E-state index is -3.65. The number of nitrogens with one attached hydrogen (secondary N) is 1. The Bertz CT molecular complexity index is 848. The number of amides is 1. The van der Waals surface area contributed by atoms with Crippen LogP contribution in [0.25, 0.3) is 0 Å². The highest BCUT2D eigenvalue weighted by Crippen LogP contribution is 2.26. The van der Waals surface area contributed by atoms with E-state index in [1.807, 2.05) is 12.3 Å². The van der Waals surface area contributed by atoms with Crippen molar-refractivity contribution in [3.63, 3.8) is 0 Å². The van der Waals surface area contributed by atoms with E-state index in [0.29, 0.717) is 18.7 Å². The Morgan fingerprint density at radius 2 is 1.88 bits per heavy atom. The fourth-order valence-electron chi connectivity index (χ4n) is 2.63. The fourth-order valence-corrected chi connectivity index (χ4v) is 4.09. The van der Waals surface area contributed by atoms with Crippen LogP contribution in [0.1, 0.15) is 12.8 Å². The lowest BCUT2D eigenvalue weighted by Crippen LogP contribution is -2.23. The van der Waals surface area contributed by atoms with Crippen LogP contribution in [0.3, 0.4) is 0 Å². The van der Waals surface area contributed by atoms with Gasteiger partial charge in [0.2, 0.25) is 5.91 Å². The summed E-state index contributed by atoms with van der Waals surface area (Å²) >= 11 is 1.56. The van der Waals surface area contributed by atoms with Crippen molar-refractivity contribution < 1.29 is 13.2 Å². The lowest BCUT2D eigenvalue weighted by atomic mass is 10.2. The van der Waals surface area contributed by atoms with Crippen molar-refractivity contribution >= 4 is 39.1 Å². The van der Waals surface area contributed by atoms with E-state index in [4.69, 9.17) is 0 Å². The molecule has 1 aliphatic heterocycles. The lowest BCUT2D eigenvalue weighted by molar-refractivity contribution is -0.117. The van der Waals surface area contributed by atoms with Gasteiger partial charge in [-0.3, -0.25) is 9.52 Å². The second-order valence-corrected chi connectivity index (χ2v) is 8.04. The Labute approximate surface area is 146 Å². The van der Waals surface area contributed by atoms with Gasteiger partial charge in [0.1, 0.15) is 0 Å². The Morgan fingerprint density at radius 1 is 1.12 bits per heavy atom. The van der Waals surface area contributed by atoms with Crippen LogP contribution in [0.15, 0.2) is 58.3 Å². The van der Waals surface area contributed by atoms with E-state index in [2.05, 4.69) is 4.72 Å². The predicted octanol–water partition coefficient (Wildman–Crippen LogP) is 3.34. The molecule has 0 bridgehead atoms. The van der Waals surface area contributed by atoms with Crippen molar-refractivity contribution in [2.24, 2.45) is 0 Å². The minimum Gasteiger partial charge on any atom is -0.312 e. The zero-order chi connectivity index (χ0) is 17.2. The third kappa shape index (κ3) is 3.57. The van der Waals surface area contributed by atoms with Gasteiger partial charge in [-0.1, -0.05) is 6.07 Å². The third-order valence-corrected chi connectivity index (χ3v) is 5.99. The number of benzene rings is 2. The number of rotatable bonds is 5. The molecule has 1 amide bonds. The third-order valence-electron chi connectivity index (χ3n) is 3.85. The minimum absolute atomic E-state index is 0.0719. The van der Waals surface area contributed by atoms with Crippen LogP contribution in [-0.2, 0) is 14.8 Å². The predicted molar refractivity (Wildman–Crippen MR) is 97.1 cm³/mol. The molecular weight excluding hydrogens is 344 g/mol. The van der Waals surface area contributed by atoms with Crippen molar-refractivity contribution in [1.29, 1.82) is 0 Å². The van der Waals surface area contributed by atoms with Gasteiger partial charge >= 0.3 is 0 Å². The summed E-state index contributed by atoms with van der Waals surface area (Å²) in [6.45, 7) is 0.672. The quantitative estimate of drug-likeness (QED) is 0.829. The summed E-state index contributed by atoms with van der Waals surface area (Å²) < 4.78 is 27.6. The van der Waals surface area contributed by atoms with Crippen LogP contribution < -0.4 is 9.62 Å². The summed E-state index contributed by atoms with van der Waals surface area (Å²) in [5.74, 6) is 0.0719. The second-order valence-electron chi connectivity index (χ2n) is 5.48. The summed E-state index contributed by atoms with van der Waals surface area (Å²) in [5.41, 5.74) is 1.16. The first-order valence-electron chi connectivity index (χ1n) is 7.57. The first-order valence-corrected chi connectivity index (χ1v) is 10.3. The van der Waals surface area contributed by atoms with Crippen LogP contribution in [0.4, 0.5) is 11.4 Å². The van der Waals surface area contributed by atoms with E-state index in [9.17, 15) is 13.2 Å². The van der Waals surface area contributed by atoms with E-state index in [1.54, 1.807) is 59.1 Å². The molecule has 1 fully saturated rings. The van der Waals surface area contributed by atoms with E-state index in [-0.39, 0.29) is 10.8 Å². The highest BCUT2D eigenvalue weighted by Gasteiger charge is 2.22. The molecule has 2 aromatic rings. The van der Waals surface area contributed by atoms with E-state index in [1.165, 1.54) is 0 Å². The second kappa shape index (κ2) is 6.86. The molecule has 0 aliphatic carbocycles. The number of hydrogen-bond acceptors (Lipinski definition) is 4. The highest BCUT2D eigenvalue weighted by atomic mass is 32.2. The number of thioether (sulfide) groups is 1. The van der Waals surface area contributed by atoms with Gasteiger partial charge < -0.3 is 4.90 Å². The molecule has 0 aromatic heterocycles. The van der Waals surface area contributed by atoms with Crippen molar-refractivity contribution in [2.75, 3.05) is 22.4 Å². The van der Waals surface area contributed by atoms with Gasteiger partial charge in [-0.2, -0.15) is 0 Å². The maximum atomic E-state index is 12.5. The van der Waals surface area contributed by atoms with Gasteiger partial charge in [0.05, 0.1) is 10.6 Å². The first kappa shape index (κ1) is 16.9. The number of anilines is 2. The van der Waals surface area contributed by atoms with Crippen molar-refractivity contribution in [2.45, 2.75) is 22.6 Å². The van der Waals surface area contributed by atoms with Crippen LogP contribution in [-0.4, -0.2) is 27.1 Å². The zero-order valence-corrected chi connectivity index (χ0v) is 14.9. The Balaban J connectivity index is 1.83. The van der Waals surface area contributed by atoms with E-state index >= 15 is 0 Å². The summed E-state index contributed by atoms with van der Waals surface area (Å²) in [6, 6.07) is 13.7. The number of nitrogens with zero attached hydrogens (tertiary/aromatic N) is 1. The molecule has 1 saturated heterocycles. The van der Waals surface area contributed by atoms with Gasteiger partial charge in [-0.15, -0.1) is 11.8 Å². The summed E-state index contributed by atoms with van der Waals surface area (Å²) in [6.07, 6.45) is 3.31. The van der Waals surface area contributed by atoms with Crippen LogP contribution in [0.2, 0.25) is 0 Å². The molecule has 0 saturated carbocycles. The highest BCUT2D eigenvalue weighted by molar-refractivity contribution is 7.98. The molecule has 0 atom stereocenters. The molecule has 5 nitrogen and oxygen atoms in total. The first-order chi connectivity index (χ1) is 11.5. The summed E-state index contributed by atoms with van der Waals surface area (Å²) in [7, 11) is -3.65. The fraction of sp³-hybridized carbons (Fsp3) is 0.235. The smallest absolute Gasteiger partial charge is 0.261 e. The molecule has 3 rings (SSSR count). The monoisotopic (exact) mass is 362 g/mol. The van der Waals surface area contributed by atoms with Gasteiger partial charge in [-0.25, -0.2) is 8.42 Å². The molecule has 1 aliphatic rings. The topological polar surface area (TPSA) is 66.5 Å². The molecule has 24 heavy (non-hydrogen) atoms. The van der Waals surface area contributed by atoms with Gasteiger partial charge in [0.25, 0.3) is 10.0 Å². The number of carbonyl (C=O) groups is 1. The van der Waals surface area contributed by atoms with Crippen molar-refractivity contribution in [1.82, 2.24) is 0 Å². The van der Waals surface area contributed by atoms with Crippen LogP contribution in [0, 0.1) is 0 Å². The number of hydrogen-bond donors (Lipinski definition) is 1. The zero-order valence-electron chi connectivity index (χ0n) is 13.2. The number of sulfonamides is 1. The molecule has 0 spiro atoms. The average Bonchev–Trinajstić information content (AvgIpc) is 3.01. The summed E-state index contributed by atoms with van der Waals surface area (Å²) in [4.78, 5) is 14.7. The van der Waals surface area contributed by atoms with Crippen molar-refractivity contribution in [3.8, 4) is 0 Å².